The minimum absolute atomic E-state index is 0.0267. The Balaban J connectivity index is 2.79. The number of benzene rings is 1. The van der Waals surface area contributed by atoms with Crippen molar-refractivity contribution in [3.8, 4) is 11.8 Å². The zero-order chi connectivity index (χ0) is 11.3. The Hall–Kier alpha value is -2.02. The number of amides is 1. The number of nitrogens with one attached hydrogen (secondary N) is 1. The van der Waals surface area contributed by atoms with Gasteiger partial charge >= 0.3 is 0 Å². The molecule has 0 spiro atoms. The smallest absolute Gasteiger partial charge is 0.221 e. The average Bonchev–Trinajstić information content (AvgIpc) is 2.18. The fraction of sp³-hybridized carbons (Fsp3) is 0.273. The number of aryl methyl sites for hydroxylation is 1. The van der Waals surface area contributed by atoms with Crippen LogP contribution in [0.15, 0.2) is 18.2 Å². The van der Waals surface area contributed by atoms with Gasteiger partial charge in [0.05, 0.1) is 0 Å². The molecule has 1 aromatic carbocycles. The highest BCUT2D eigenvalue weighted by Crippen LogP contribution is 2.21. The highest BCUT2D eigenvalue weighted by molar-refractivity contribution is 5.89. The molecule has 0 aliphatic rings. The molecule has 0 atom stereocenters. The summed E-state index contributed by atoms with van der Waals surface area (Å²) in [6, 6.07) is 7.14. The van der Waals surface area contributed by atoms with Gasteiger partial charge in [-0.15, -0.1) is 0 Å². The molecular formula is C11H12N2O2. The molecule has 0 aliphatic carbocycles. The van der Waals surface area contributed by atoms with Gasteiger partial charge in [0.15, 0.2) is 6.61 Å². The van der Waals surface area contributed by atoms with E-state index in [0.29, 0.717) is 5.75 Å². The second kappa shape index (κ2) is 5.01. The van der Waals surface area contributed by atoms with Crippen LogP contribution in [0, 0.1) is 18.3 Å². The Kier molecular flexibility index (Phi) is 3.69. The average molecular weight is 204 g/mol. The largest absolute Gasteiger partial charge is 0.479 e. The summed E-state index contributed by atoms with van der Waals surface area (Å²) in [7, 11) is 0. The van der Waals surface area contributed by atoms with E-state index in [9.17, 15) is 4.79 Å². The molecule has 1 aromatic rings. The van der Waals surface area contributed by atoms with Gasteiger partial charge in [-0.1, -0.05) is 0 Å². The van der Waals surface area contributed by atoms with E-state index in [2.05, 4.69) is 5.32 Å². The maximum absolute atomic E-state index is 10.8. The molecule has 1 rings (SSSR count). The van der Waals surface area contributed by atoms with Crippen molar-refractivity contribution < 1.29 is 9.53 Å². The van der Waals surface area contributed by atoms with Crippen LogP contribution in [-0.4, -0.2) is 12.5 Å². The highest BCUT2D eigenvalue weighted by Gasteiger charge is 2.01. The van der Waals surface area contributed by atoms with Gasteiger partial charge in [0, 0.05) is 12.6 Å². The van der Waals surface area contributed by atoms with E-state index >= 15 is 0 Å². The molecule has 0 saturated carbocycles. The van der Waals surface area contributed by atoms with E-state index in [0.717, 1.165) is 11.3 Å². The Morgan fingerprint density at radius 1 is 1.60 bits per heavy atom. The van der Waals surface area contributed by atoms with Gasteiger partial charge in [0.2, 0.25) is 5.91 Å². The first kappa shape index (κ1) is 11.1. The second-order valence-corrected chi connectivity index (χ2v) is 3.10. The van der Waals surface area contributed by atoms with Crippen LogP contribution in [0.3, 0.4) is 0 Å². The summed E-state index contributed by atoms with van der Waals surface area (Å²) in [5.74, 6) is 0.520. The van der Waals surface area contributed by atoms with Crippen molar-refractivity contribution in [2.24, 2.45) is 0 Å². The summed E-state index contributed by atoms with van der Waals surface area (Å²) >= 11 is 0. The Labute approximate surface area is 88.5 Å². The predicted octanol–water partition coefficient (Wildman–Crippen LogP) is 1.86. The summed E-state index contributed by atoms with van der Waals surface area (Å²) in [6.07, 6.45) is 0. The molecule has 0 aliphatic heterocycles. The standard InChI is InChI=1S/C11H12N2O2/c1-8-7-10(15-6-5-12)3-4-11(8)13-9(2)14/h3-4,7H,6H2,1-2H3,(H,13,14). The molecule has 1 amide bonds. The molecule has 78 valence electrons. The first-order valence-electron chi connectivity index (χ1n) is 4.51. The van der Waals surface area contributed by atoms with Crippen LogP contribution >= 0.6 is 0 Å². The fourth-order valence-corrected chi connectivity index (χ4v) is 1.17. The number of ether oxygens (including phenoxy) is 1. The zero-order valence-electron chi connectivity index (χ0n) is 8.70. The molecule has 0 saturated heterocycles. The van der Waals surface area contributed by atoms with E-state index in [4.69, 9.17) is 10.00 Å². The van der Waals surface area contributed by atoms with Crippen molar-refractivity contribution in [3.05, 3.63) is 23.8 Å². The molecule has 0 radical (unpaired) electrons. The van der Waals surface area contributed by atoms with Crippen LogP contribution in [0.2, 0.25) is 0 Å². The first-order chi connectivity index (χ1) is 7.13. The molecule has 0 heterocycles. The summed E-state index contributed by atoms with van der Waals surface area (Å²) in [5.41, 5.74) is 1.66. The van der Waals surface area contributed by atoms with Crippen LogP contribution < -0.4 is 10.1 Å². The van der Waals surface area contributed by atoms with Gasteiger partial charge in [-0.3, -0.25) is 4.79 Å². The van der Waals surface area contributed by atoms with E-state index in [1.54, 1.807) is 18.2 Å². The fourth-order valence-electron chi connectivity index (χ4n) is 1.17. The lowest BCUT2D eigenvalue weighted by molar-refractivity contribution is -0.114. The van der Waals surface area contributed by atoms with Gasteiger partial charge in [-0.05, 0) is 30.7 Å². The number of carbonyl (C=O) groups excluding carboxylic acids is 1. The minimum Gasteiger partial charge on any atom is -0.479 e. The van der Waals surface area contributed by atoms with Crippen LogP contribution in [0.4, 0.5) is 5.69 Å². The molecule has 4 nitrogen and oxygen atoms in total. The topological polar surface area (TPSA) is 62.1 Å². The molecule has 15 heavy (non-hydrogen) atoms. The van der Waals surface area contributed by atoms with Crippen LogP contribution in [0.1, 0.15) is 12.5 Å². The molecule has 4 heteroatoms. The quantitative estimate of drug-likeness (QED) is 0.817. The lowest BCUT2D eigenvalue weighted by atomic mass is 10.2. The van der Waals surface area contributed by atoms with Crippen molar-refractivity contribution in [2.75, 3.05) is 11.9 Å². The number of carbonyl (C=O) groups is 1. The first-order valence-corrected chi connectivity index (χ1v) is 4.51. The van der Waals surface area contributed by atoms with Crippen molar-refractivity contribution in [2.45, 2.75) is 13.8 Å². The summed E-state index contributed by atoms with van der Waals surface area (Å²) in [4.78, 5) is 10.8. The molecule has 0 fully saturated rings. The molecule has 0 bridgehead atoms. The van der Waals surface area contributed by atoms with E-state index in [1.807, 2.05) is 13.0 Å². The molecule has 0 unspecified atom stereocenters. The van der Waals surface area contributed by atoms with Crippen molar-refractivity contribution in [1.29, 1.82) is 5.26 Å². The zero-order valence-corrected chi connectivity index (χ0v) is 8.70. The van der Waals surface area contributed by atoms with Crippen LogP contribution in [0.25, 0.3) is 0 Å². The number of nitriles is 1. The highest BCUT2D eigenvalue weighted by atomic mass is 16.5. The van der Waals surface area contributed by atoms with E-state index in [1.165, 1.54) is 6.92 Å². The molecular weight excluding hydrogens is 192 g/mol. The maximum Gasteiger partial charge on any atom is 0.221 e. The Morgan fingerprint density at radius 3 is 2.87 bits per heavy atom. The van der Waals surface area contributed by atoms with Gasteiger partial charge in [0.25, 0.3) is 0 Å². The van der Waals surface area contributed by atoms with Crippen LogP contribution in [0.5, 0.6) is 5.75 Å². The number of rotatable bonds is 3. The van der Waals surface area contributed by atoms with Crippen molar-refractivity contribution in [3.63, 3.8) is 0 Å². The Morgan fingerprint density at radius 2 is 2.33 bits per heavy atom. The normalized spacial score (nSPS) is 9.13. The second-order valence-electron chi connectivity index (χ2n) is 3.10. The van der Waals surface area contributed by atoms with Crippen LogP contribution in [-0.2, 0) is 4.79 Å². The number of anilines is 1. The van der Waals surface area contributed by atoms with Gasteiger partial charge in [-0.2, -0.15) is 5.26 Å². The third-order valence-electron chi connectivity index (χ3n) is 1.81. The van der Waals surface area contributed by atoms with Gasteiger partial charge in [0.1, 0.15) is 11.8 Å². The lowest BCUT2D eigenvalue weighted by Crippen LogP contribution is -2.07. The third kappa shape index (κ3) is 3.31. The molecule has 0 aromatic heterocycles. The minimum atomic E-state index is -0.108. The maximum atomic E-state index is 10.8. The number of hydrogen-bond donors (Lipinski definition) is 1. The molecule has 1 N–H and O–H groups in total. The SMILES string of the molecule is CC(=O)Nc1ccc(OCC#N)cc1C. The number of nitrogens with zero attached hydrogens (tertiary/aromatic N) is 1. The predicted molar refractivity (Wildman–Crippen MR) is 56.6 cm³/mol. The van der Waals surface area contributed by atoms with Gasteiger partial charge in [-0.25, -0.2) is 0 Å². The summed E-state index contributed by atoms with van der Waals surface area (Å²) in [6.45, 7) is 3.35. The third-order valence-corrected chi connectivity index (χ3v) is 1.81. The Bertz CT molecular complexity index is 408. The van der Waals surface area contributed by atoms with Gasteiger partial charge < -0.3 is 10.1 Å². The van der Waals surface area contributed by atoms with Crippen molar-refractivity contribution in [1.82, 2.24) is 0 Å². The summed E-state index contributed by atoms with van der Waals surface area (Å²) in [5, 5.41) is 11.0. The van der Waals surface area contributed by atoms with E-state index < -0.39 is 0 Å². The monoisotopic (exact) mass is 204 g/mol. The van der Waals surface area contributed by atoms with E-state index in [-0.39, 0.29) is 12.5 Å². The summed E-state index contributed by atoms with van der Waals surface area (Å²) < 4.78 is 5.12. The lowest BCUT2D eigenvalue weighted by Gasteiger charge is -2.08. The number of hydrogen-bond acceptors (Lipinski definition) is 3. The van der Waals surface area contributed by atoms with Crippen molar-refractivity contribution >= 4 is 11.6 Å².